The molecular weight excluding hydrogens is 224 g/mol. The maximum absolute atomic E-state index is 5.31. The number of ether oxygens (including phenoxy) is 1. The predicted octanol–water partition coefficient (Wildman–Crippen LogP) is 3.03. The van der Waals surface area contributed by atoms with Gasteiger partial charge in [0.15, 0.2) is 0 Å². The van der Waals surface area contributed by atoms with E-state index >= 15 is 0 Å². The molecule has 3 nitrogen and oxygen atoms in total. The summed E-state index contributed by atoms with van der Waals surface area (Å²) >= 11 is 0. The Bertz CT molecular complexity index is 348. The molecule has 2 rings (SSSR count). The van der Waals surface area contributed by atoms with Crippen LogP contribution in [0.3, 0.4) is 0 Å². The summed E-state index contributed by atoms with van der Waals surface area (Å²) in [4.78, 5) is 0. The van der Waals surface area contributed by atoms with Gasteiger partial charge in [-0.25, -0.2) is 0 Å². The molecule has 1 aliphatic rings. The molecule has 0 amide bonds. The minimum atomic E-state index is 0.734. The Morgan fingerprint density at radius 1 is 1.11 bits per heavy atom. The maximum atomic E-state index is 5.31. The molecule has 0 atom stereocenters. The van der Waals surface area contributed by atoms with E-state index in [2.05, 4.69) is 16.7 Å². The molecule has 2 N–H and O–H groups in total. The summed E-state index contributed by atoms with van der Waals surface area (Å²) < 4.78 is 5.31. The van der Waals surface area contributed by atoms with Crippen molar-refractivity contribution in [2.24, 2.45) is 0 Å². The van der Waals surface area contributed by atoms with Gasteiger partial charge in [-0.2, -0.15) is 0 Å². The van der Waals surface area contributed by atoms with Crippen LogP contribution < -0.4 is 15.4 Å². The van der Waals surface area contributed by atoms with Crippen LogP contribution in [0.4, 0.5) is 5.69 Å². The fourth-order valence-corrected chi connectivity index (χ4v) is 2.57. The lowest BCUT2D eigenvalue weighted by atomic mass is 9.95. The first kappa shape index (κ1) is 13.2. The van der Waals surface area contributed by atoms with Crippen LogP contribution in [0.1, 0.15) is 32.1 Å². The number of hydrogen-bond acceptors (Lipinski definition) is 3. The molecule has 100 valence electrons. The molecule has 0 aromatic heterocycles. The van der Waals surface area contributed by atoms with Gasteiger partial charge in [-0.3, -0.25) is 0 Å². The Morgan fingerprint density at radius 2 is 1.89 bits per heavy atom. The number of hydrogen-bond donors (Lipinski definition) is 2. The fraction of sp³-hybridized carbons (Fsp3) is 0.600. The highest BCUT2D eigenvalue weighted by Gasteiger charge is 2.11. The van der Waals surface area contributed by atoms with E-state index in [9.17, 15) is 0 Å². The molecule has 3 heteroatoms. The Hall–Kier alpha value is -1.22. The van der Waals surface area contributed by atoms with Crippen LogP contribution in [0.5, 0.6) is 5.75 Å². The van der Waals surface area contributed by atoms with Gasteiger partial charge in [0, 0.05) is 19.1 Å². The number of para-hydroxylation sites is 2. The fourth-order valence-electron chi connectivity index (χ4n) is 2.57. The van der Waals surface area contributed by atoms with Crippen LogP contribution in [0.25, 0.3) is 0 Å². The molecule has 1 saturated carbocycles. The van der Waals surface area contributed by atoms with Crippen LogP contribution in [0.15, 0.2) is 24.3 Å². The molecule has 1 aliphatic carbocycles. The summed E-state index contributed by atoms with van der Waals surface area (Å²) in [5.41, 5.74) is 1.07. The lowest BCUT2D eigenvalue weighted by Gasteiger charge is -2.23. The van der Waals surface area contributed by atoms with Crippen molar-refractivity contribution in [2.45, 2.75) is 38.1 Å². The van der Waals surface area contributed by atoms with Crippen molar-refractivity contribution in [2.75, 3.05) is 25.5 Å². The minimum Gasteiger partial charge on any atom is -0.495 e. The quantitative estimate of drug-likeness (QED) is 0.759. The summed E-state index contributed by atoms with van der Waals surface area (Å²) in [6, 6.07) is 8.79. The second-order valence-corrected chi connectivity index (χ2v) is 4.92. The first-order valence-corrected chi connectivity index (χ1v) is 7.00. The number of nitrogens with one attached hydrogen (secondary N) is 2. The zero-order valence-corrected chi connectivity index (χ0v) is 11.2. The van der Waals surface area contributed by atoms with Gasteiger partial charge >= 0.3 is 0 Å². The molecule has 0 saturated heterocycles. The van der Waals surface area contributed by atoms with Crippen LogP contribution >= 0.6 is 0 Å². The van der Waals surface area contributed by atoms with E-state index in [0.29, 0.717) is 0 Å². The first-order valence-electron chi connectivity index (χ1n) is 7.00. The molecule has 0 radical (unpaired) electrons. The van der Waals surface area contributed by atoms with Gasteiger partial charge in [-0.1, -0.05) is 31.4 Å². The lowest BCUT2D eigenvalue weighted by Crippen LogP contribution is -2.34. The average Bonchev–Trinajstić information content (AvgIpc) is 2.45. The van der Waals surface area contributed by atoms with Gasteiger partial charge in [0.2, 0.25) is 0 Å². The van der Waals surface area contributed by atoms with Crippen LogP contribution in [-0.2, 0) is 0 Å². The van der Waals surface area contributed by atoms with E-state index in [1.807, 2.05) is 18.2 Å². The van der Waals surface area contributed by atoms with Gasteiger partial charge in [-0.05, 0) is 25.0 Å². The Labute approximate surface area is 110 Å². The van der Waals surface area contributed by atoms with E-state index in [-0.39, 0.29) is 0 Å². The van der Waals surface area contributed by atoms with Crippen LogP contribution in [-0.4, -0.2) is 26.2 Å². The first-order chi connectivity index (χ1) is 8.90. The second-order valence-electron chi connectivity index (χ2n) is 4.92. The number of rotatable bonds is 6. The van der Waals surface area contributed by atoms with Crippen LogP contribution in [0.2, 0.25) is 0 Å². The van der Waals surface area contributed by atoms with Gasteiger partial charge in [0.25, 0.3) is 0 Å². The molecule has 1 fully saturated rings. The molecule has 0 unspecified atom stereocenters. The largest absolute Gasteiger partial charge is 0.495 e. The monoisotopic (exact) mass is 248 g/mol. The molecular formula is C15H24N2O. The molecule has 0 heterocycles. The maximum Gasteiger partial charge on any atom is 0.141 e. The number of methoxy groups -OCH3 is 1. The van der Waals surface area contributed by atoms with Crippen molar-refractivity contribution in [1.29, 1.82) is 0 Å². The molecule has 0 aliphatic heterocycles. The average molecular weight is 248 g/mol. The molecule has 0 bridgehead atoms. The summed E-state index contributed by atoms with van der Waals surface area (Å²) in [5.74, 6) is 0.912. The smallest absolute Gasteiger partial charge is 0.141 e. The van der Waals surface area contributed by atoms with Crippen molar-refractivity contribution in [1.82, 2.24) is 5.32 Å². The van der Waals surface area contributed by atoms with Gasteiger partial charge in [-0.15, -0.1) is 0 Å². The van der Waals surface area contributed by atoms with E-state index in [4.69, 9.17) is 4.74 Å². The number of benzene rings is 1. The highest BCUT2D eigenvalue weighted by Crippen LogP contribution is 2.22. The summed E-state index contributed by atoms with van der Waals surface area (Å²) in [6.45, 7) is 1.96. The highest BCUT2D eigenvalue weighted by molar-refractivity contribution is 5.56. The van der Waals surface area contributed by atoms with E-state index in [0.717, 1.165) is 30.6 Å². The van der Waals surface area contributed by atoms with E-state index < -0.39 is 0 Å². The van der Waals surface area contributed by atoms with Crippen LogP contribution in [0, 0.1) is 0 Å². The van der Waals surface area contributed by atoms with E-state index in [1.165, 1.54) is 32.1 Å². The molecule has 0 spiro atoms. The third kappa shape index (κ3) is 3.91. The Balaban J connectivity index is 1.68. The third-order valence-electron chi connectivity index (χ3n) is 3.59. The van der Waals surface area contributed by atoms with Gasteiger partial charge < -0.3 is 15.4 Å². The summed E-state index contributed by atoms with van der Waals surface area (Å²) in [5, 5.41) is 7.04. The Morgan fingerprint density at radius 3 is 2.67 bits per heavy atom. The second kappa shape index (κ2) is 7.27. The predicted molar refractivity (Wildman–Crippen MR) is 76.4 cm³/mol. The number of anilines is 1. The standard InChI is InChI=1S/C15H24N2O/c1-18-15-10-6-5-9-14(15)17-12-11-16-13-7-3-2-4-8-13/h5-6,9-10,13,16-17H,2-4,7-8,11-12H2,1H3. The van der Waals surface area contributed by atoms with Crippen molar-refractivity contribution in [3.05, 3.63) is 24.3 Å². The summed E-state index contributed by atoms with van der Waals surface area (Å²) in [6.07, 6.45) is 6.87. The molecule has 1 aromatic rings. The zero-order chi connectivity index (χ0) is 12.6. The lowest BCUT2D eigenvalue weighted by molar-refractivity contribution is 0.378. The summed E-state index contributed by atoms with van der Waals surface area (Å²) in [7, 11) is 1.71. The van der Waals surface area contributed by atoms with E-state index in [1.54, 1.807) is 7.11 Å². The van der Waals surface area contributed by atoms with Crippen molar-refractivity contribution in [3.63, 3.8) is 0 Å². The SMILES string of the molecule is COc1ccccc1NCCNC1CCCCC1. The van der Waals surface area contributed by atoms with Crippen molar-refractivity contribution in [3.8, 4) is 5.75 Å². The molecule has 1 aromatic carbocycles. The van der Waals surface area contributed by atoms with Crippen molar-refractivity contribution < 1.29 is 4.74 Å². The molecule has 18 heavy (non-hydrogen) atoms. The minimum absolute atomic E-state index is 0.734. The normalized spacial score (nSPS) is 16.5. The van der Waals surface area contributed by atoms with Gasteiger partial charge in [0.05, 0.1) is 12.8 Å². The zero-order valence-electron chi connectivity index (χ0n) is 11.2. The highest BCUT2D eigenvalue weighted by atomic mass is 16.5. The Kier molecular flexibility index (Phi) is 5.34. The third-order valence-corrected chi connectivity index (χ3v) is 3.59. The van der Waals surface area contributed by atoms with Crippen molar-refractivity contribution >= 4 is 5.69 Å². The topological polar surface area (TPSA) is 33.3 Å². The van der Waals surface area contributed by atoms with Gasteiger partial charge in [0.1, 0.15) is 5.75 Å².